The van der Waals surface area contributed by atoms with Crippen LogP contribution >= 0.6 is 0 Å². The predicted molar refractivity (Wildman–Crippen MR) is 121 cm³/mol. The molecule has 2 atom stereocenters. The van der Waals surface area contributed by atoms with E-state index in [1.807, 2.05) is 38.8 Å². The summed E-state index contributed by atoms with van der Waals surface area (Å²) in [5.41, 5.74) is 4.90. The molecule has 170 valence electrons. The third-order valence-electron chi connectivity index (χ3n) is 6.09. The number of nitrogens with zero attached hydrogens (tertiary/aromatic N) is 3. The number of methoxy groups -OCH3 is 1. The first kappa shape index (κ1) is 21.9. The van der Waals surface area contributed by atoms with Crippen molar-refractivity contribution in [2.75, 3.05) is 13.7 Å². The van der Waals surface area contributed by atoms with Crippen molar-refractivity contribution in [3.8, 4) is 11.3 Å². The van der Waals surface area contributed by atoms with Crippen LogP contribution in [0.1, 0.15) is 49.9 Å². The van der Waals surface area contributed by atoms with E-state index in [-0.39, 0.29) is 17.9 Å². The first-order valence-corrected chi connectivity index (χ1v) is 11.0. The van der Waals surface area contributed by atoms with Crippen molar-refractivity contribution >= 4 is 23.0 Å². The lowest BCUT2D eigenvalue weighted by molar-refractivity contribution is -0.135. The molecule has 0 spiro atoms. The smallest absolute Gasteiger partial charge is 0.407 e. The SMILES string of the molecule is COC(=O)N[C@H](C(=O)N1CCC[C@H]1c1ncc(-c2ccc(C)c3nc(C)[nH]c23)[nH]1)C(C)C. The maximum absolute atomic E-state index is 13.3. The van der Waals surface area contributed by atoms with Gasteiger partial charge in [-0.25, -0.2) is 14.8 Å². The maximum Gasteiger partial charge on any atom is 0.407 e. The fourth-order valence-electron chi connectivity index (χ4n) is 4.40. The van der Waals surface area contributed by atoms with Gasteiger partial charge in [-0.3, -0.25) is 4.79 Å². The van der Waals surface area contributed by atoms with E-state index in [0.29, 0.717) is 6.54 Å². The zero-order valence-corrected chi connectivity index (χ0v) is 19.2. The molecule has 1 aromatic carbocycles. The topological polar surface area (TPSA) is 116 Å². The molecule has 2 aromatic heterocycles. The molecule has 32 heavy (non-hydrogen) atoms. The number of fused-ring (bicyclic) bond motifs is 1. The first-order valence-electron chi connectivity index (χ1n) is 11.0. The highest BCUT2D eigenvalue weighted by Crippen LogP contribution is 2.34. The van der Waals surface area contributed by atoms with Crippen molar-refractivity contribution in [1.29, 1.82) is 0 Å². The lowest BCUT2D eigenvalue weighted by Gasteiger charge is -2.30. The fourth-order valence-corrected chi connectivity index (χ4v) is 4.40. The van der Waals surface area contributed by atoms with Crippen LogP contribution in [0.2, 0.25) is 0 Å². The van der Waals surface area contributed by atoms with Gasteiger partial charge in [-0.1, -0.05) is 26.0 Å². The number of carbonyl (C=O) groups excluding carboxylic acids is 2. The molecule has 0 unspecified atom stereocenters. The van der Waals surface area contributed by atoms with Crippen molar-refractivity contribution < 1.29 is 14.3 Å². The molecule has 0 radical (unpaired) electrons. The summed E-state index contributed by atoms with van der Waals surface area (Å²) in [4.78, 5) is 42.9. The van der Waals surface area contributed by atoms with E-state index in [0.717, 1.165) is 52.3 Å². The molecule has 4 rings (SSSR count). The van der Waals surface area contributed by atoms with Gasteiger partial charge < -0.3 is 24.9 Å². The lowest BCUT2D eigenvalue weighted by atomic mass is 10.0. The van der Waals surface area contributed by atoms with Crippen LogP contribution in [-0.4, -0.2) is 56.5 Å². The molecule has 1 saturated heterocycles. The Labute approximate surface area is 187 Å². The summed E-state index contributed by atoms with van der Waals surface area (Å²) in [5.74, 6) is 1.42. The number of nitrogens with one attached hydrogen (secondary N) is 3. The van der Waals surface area contributed by atoms with E-state index in [4.69, 9.17) is 4.74 Å². The summed E-state index contributed by atoms with van der Waals surface area (Å²) in [6, 6.07) is 3.29. The summed E-state index contributed by atoms with van der Waals surface area (Å²) >= 11 is 0. The monoisotopic (exact) mass is 438 g/mol. The molecule has 1 aliphatic rings. The number of likely N-dealkylation sites (tertiary alicyclic amines) is 1. The predicted octanol–water partition coefficient (Wildman–Crippen LogP) is 3.61. The molecule has 1 aliphatic heterocycles. The van der Waals surface area contributed by atoms with E-state index >= 15 is 0 Å². The molecule has 3 N–H and O–H groups in total. The number of amides is 2. The van der Waals surface area contributed by atoms with E-state index in [1.54, 1.807) is 0 Å². The Bertz CT molecular complexity index is 1150. The molecule has 2 amide bonds. The van der Waals surface area contributed by atoms with Crippen molar-refractivity contribution in [3.05, 3.63) is 35.5 Å². The lowest BCUT2D eigenvalue weighted by Crippen LogP contribution is -2.51. The quantitative estimate of drug-likeness (QED) is 0.563. The van der Waals surface area contributed by atoms with Gasteiger partial charge in [0.15, 0.2) is 0 Å². The summed E-state index contributed by atoms with van der Waals surface area (Å²) in [6.07, 6.45) is 2.90. The molecule has 0 bridgehead atoms. The molecule has 9 nitrogen and oxygen atoms in total. The minimum absolute atomic E-state index is 0.0699. The summed E-state index contributed by atoms with van der Waals surface area (Å²) in [7, 11) is 1.30. The Balaban J connectivity index is 1.62. The Hall–Kier alpha value is -3.36. The zero-order valence-electron chi connectivity index (χ0n) is 19.2. The van der Waals surface area contributed by atoms with Gasteiger partial charge in [0.25, 0.3) is 0 Å². The van der Waals surface area contributed by atoms with Gasteiger partial charge in [-0.05, 0) is 38.2 Å². The largest absolute Gasteiger partial charge is 0.453 e. The second-order valence-corrected chi connectivity index (χ2v) is 8.71. The van der Waals surface area contributed by atoms with Crippen LogP contribution in [0.3, 0.4) is 0 Å². The molecule has 3 aromatic rings. The van der Waals surface area contributed by atoms with Crippen LogP contribution in [0, 0.1) is 19.8 Å². The van der Waals surface area contributed by atoms with Gasteiger partial charge in [0.05, 0.1) is 36.1 Å². The number of aromatic amines is 2. The number of imidazole rings is 2. The number of hydrogen-bond donors (Lipinski definition) is 3. The number of H-pyrrole nitrogens is 2. The van der Waals surface area contributed by atoms with Crippen LogP contribution in [0.25, 0.3) is 22.3 Å². The van der Waals surface area contributed by atoms with Gasteiger partial charge >= 0.3 is 6.09 Å². The van der Waals surface area contributed by atoms with E-state index < -0.39 is 12.1 Å². The number of hydrogen-bond acceptors (Lipinski definition) is 5. The van der Waals surface area contributed by atoms with Crippen LogP contribution in [0.15, 0.2) is 18.3 Å². The Kier molecular flexibility index (Phi) is 5.90. The molecule has 0 saturated carbocycles. The zero-order chi connectivity index (χ0) is 23.0. The highest BCUT2D eigenvalue weighted by Gasteiger charge is 2.37. The number of ether oxygens (including phenoxy) is 1. The molecule has 9 heteroatoms. The normalized spacial score (nSPS) is 17.2. The highest BCUT2D eigenvalue weighted by molar-refractivity contribution is 5.93. The van der Waals surface area contributed by atoms with E-state index in [9.17, 15) is 9.59 Å². The minimum Gasteiger partial charge on any atom is -0.453 e. The first-order chi connectivity index (χ1) is 15.3. The second-order valence-electron chi connectivity index (χ2n) is 8.71. The molecular weight excluding hydrogens is 408 g/mol. The summed E-state index contributed by atoms with van der Waals surface area (Å²) in [5, 5.41) is 2.68. The standard InChI is InChI=1S/C23H30N6O3/c1-12(2)18(28-23(31)32-5)22(30)29-10-6-7-17(29)21-24-11-16(27-21)15-9-8-13(3)19-20(15)26-14(4)25-19/h8-9,11-12,17-18H,6-7,10H2,1-5H3,(H,24,27)(H,25,26)(H,28,31)/t17-,18-/m0/s1. The van der Waals surface area contributed by atoms with Crippen molar-refractivity contribution in [2.45, 2.75) is 52.6 Å². The van der Waals surface area contributed by atoms with Gasteiger partial charge in [0, 0.05) is 12.1 Å². The van der Waals surface area contributed by atoms with Crippen molar-refractivity contribution in [1.82, 2.24) is 30.2 Å². The highest BCUT2D eigenvalue weighted by atomic mass is 16.5. The van der Waals surface area contributed by atoms with Gasteiger partial charge in [-0.15, -0.1) is 0 Å². The van der Waals surface area contributed by atoms with Crippen LogP contribution < -0.4 is 5.32 Å². The van der Waals surface area contributed by atoms with Gasteiger partial charge in [0.2, 0.25) is 5.91 Å². The number of benzene rings is 1. The Morgan fingerprint density at radius 1 is 1.25 bits per heavy atom. The maximum atomic E-state index is 13.3. The Morgan fingerprint density at radius 2 is 2.03 bits per heavy atom. The molecule has 1 fully saturated rings. The van der Waals surface area contributed by atoms with Crippen molar-refractivity contribution in [3.63, 3.8) is 0 Å². The molecule has 0 aliphatic carbocycles. The molecular formula is C23H30N6O3. The van der Waals surface area contributed by atoms with Crippen LogP contribution in [0.5, 0.6) is 0 Å². The second kappa shape index (κ2) is 8.64. The third-order valence-corrected chi connectivity index (χ3v) is 6.09. The summed E-state index contributed by atoms with van der Waals surface area (Å²) in [6.45, 7) is 8.42. The number of carbonyl (C=O) groups is 2. The number of aromatic nitrogens is 4. The van der Waals surface area contributed by atoms with Crippen LogP contribution in [-0.2, 0) is 9.53 Å². The third kappa shape index (κ3) is 3.94. The average molecular weight is 439 g/mol. The van der Waals surface area contributed by atoms with E-state index in [1.165, 1.54) is 7.11 Å². The number of aryl methyl sites for hydroxylation is 2. The number of rotatable bonds is 5. The van der Waals surface area contributed by atoms with E-state index in [2.05, 4.69) is 37.4 Å². The average Bonchev–Trinajstić information content (AvgIpc) is 3.50. The van der Waals surface area contributed by atoms with Gasteiger partial charge in [0.1, 0.15) is 17.7 Å². The minimum atomic E-state index is -0.651. The number of alkyl carbamates (subject to hydrolysis) is 1. The van der Waals surface area contributed by atoms with Gasteiger partial charge in [-0.2, -0.15) is 0 Å². The Morgan fingerprint density at radius 3 is 2.75 bits per heavy atom. The fraction of sp³-hybridized carbons (Fsp3) is 0.478. The summed E-state index contributed by atoms with van der Waals surface area (Å²) < 4.78 is 4.71. The van der Waals surface area contributed by atoms with Crippen LogP contribution in [0.4, 0.5) is 4.79 Å². The molecule has 3 heterocycles. The van der Waals surface area contributed by atoms with Crippen molar-refractivity contribution in [2.24, 2.45) is 5.92 Å².